The van der Waals surface area contributed by atoms with E-state index >= 15 is 0 Å². The molecule has 144 valence electrons. The van der Waals surface area contributed by atoms with Crippen molar-refractivity contribution in [1.82, 2.24) is 24.6 Å². The lowest BCUT2D eigenvalue weighted by molar-refractivity contribution is -0.125. The molecule has 0 aliphatic carbocycles. The van der Waals surface area contributed by atoms with Gasteiger partial charge < -0.3 is 14.8 Å². The molecule has 1 aliphatic heterocycles. The number of carbonyl (C=O) groups excluding carboxylic acids is 2. The van der Waals surface area contributed by atoms with Gasteiger partial charge in [-0.15, -0.1) is 0 Å². The van der Waals surface area contributed by atoms with Crippen LogP contribution in [0.2, 0.25) is 0 Å². The van der Waals surface area contributed by atoms with Gasteiger partial charge in [0, 0.05) is 38.4 Å². The highest BCUT2D eigenvalue weighted by Gasteiger charge is 2.30. The van der Waals surface area contributed by atoms with Crippen molar-refractivity contribution in [1.29, 1.82) is 0 Å². The van der Waals surface area contributed by atoms with E-state index < -0.39 is 0 Å². The van der Waals surface area contributed by atoms with E-state index in [1.807, 2.05) is 64.3 Å². The molecule has 2 aromatic heterocycles. The first kappa shape index (κ1) is 18.0. The van der Waals surface area contributed by atoms with Gasteiger partial charge in [0.25, 0.3) is 5.91 Å². The minimum absolute atomic E-state index is 0.0231. The molecule has 1 fully saturated rings. The van der Waals surface area contributed by atoms with Gasteiger partial charge >= 0.3 is 0 Å². The van der Waals surface area contributed by atoms with Gasteiger partial charge in [-0.25, -0.2) is 4.68 Å². The number of rotatable bonds is 4. The Bertz CT molecular complexity index is 954. The SMILES string of the molecule is CNC(=O)C1CCN(C(=O)c2cnn(-c3ccccc3)c2-n2cccc2)CC1. The van der Waals surface area contributed by atoms with Crippen LogP contribution in [0, 0.1) is 5.92 Å². The molecule has 7 nitrogen and oxygen atoms in total. The van der Waals surface area contributed by atoms with Crippen LogP contribution < -0.4 is 5.32 Å². The number of nitrogens with one attached hydrogen (secondary N) is 1. The lowest BCUT2D eigenvalue weighted by Gasteiger charge is -2.31. The van der Waals surface area contributed by atoms with E-state index in [9.17, 15) is 9.59 Å². The molecule has 0 radical (unpaired) electrons. The number of nitrogens with zero attached hydrogens (tertiary/aromatic N) is 4. The molecule has 1 aromatic carbocycles. The quantitative estimate of drug-likeness (QED) is 0.758. The normalized spacial score (nSPS) is 14.8. The largest absolute Gasteiger partial charge is 0.359 e. The number of hydrogen-bond acceptors (Lipinski definition) is 3. The third-order valence-corrected chi connectivity index (χ3v) is 5.22. The van der Waals surface area contributed by atoms with Crippen molar-refractivity contribution in [3.8, 4) is 11.5 Å². The van der Waals surface area contributed by atoms with Crippen molar-refractivity contribution in [2.45, 2.75) is 12.8 Å². The Labute approximate surface area is 163 Å². The second-order valence-corrected chi connectivity index (χ2v) is 6.90. The summed E-state index contributed by atoms with van der Waals surface area (Å²) in [4.78, 5) is 26.9. The topological polar surface area (TPSA) is 72.2 Å². The molecule has 0 saturated carbocycles. The Balaban J connectivity index is 1.64. The van der Waals surface area contributed by atoms with Gasteiger partial charge in [0.1, 0.15) is 5.56 Å². The molecule has 2 amide bonds. The summed E-state index contributed by atoms with van der Waals surface area (Å²) in [5.74, 6) is 0.692. The highest BCUT2D eigenvalue weighted by molar-refractivity contribution is 5.97. The first-order chi connectivity index (χ1) is 13.7. The van der Waals surface area contributed by atoms with Gasteiger partial charge in [0.15, 0.2) is 5.82 Å². The van der Waals surface area contributed by atoms with Crippen molar-refractivity contribution < 1.29 is 9.59 Å². The molecule has 1 aliphatic rings. The van der Waals surface area contributed by atoms with Crippen LogP contribution in [0.5, 0.6) is 0 Å². The van der Waals surface area contributed by atoms with Gasteiger partial charge in [-0.2, -0.15) is 5.10 Å². The predicted molar refractivity (Wildman–Crippen MR) is 106 cm³/mol. The number of para-hydroxylation sites is 1. The summed E-state index contributed by atoms with van der Waals surface area (Å²) in [5, 5.41) is 7.20. The first-order valence-electron chi connectivity index (χ1n) is 9.46. The van der Waals surface area contributed by atoms with Crippen LogP contribution in [0.1, 0.15) is 23.2 Å². The third kappa shape index (κ3) is 3.31. The van der Waals surface area contributed by atoms with Crippen LogP contribution in [0.15, 0.2) is 61.1 Å². The summed E-state index contributed by atoms with van der Waals surface area (Å²) in [6.07, 6.45) is 6.81. The number of carbonyl (C=O) groups is 2. The van der Waals surface area contributed by atoms with Crippen LogP contribution in [-0.4, -0.2) is 51.2 Å². The molecular weight excluding hydrogens is 354 g/mol. The zero-order chi connectivity index (χ0) is 19.5. The van der Waals surface area contributed by atoms with Gasteiger partial charge in [-0.05, 0) is 37.1 Å². The van der Waals surface area contributed by atoms with Crippen molar-refractivity contribution in [3.63, 3.8) is 0 Å². The minimum atomic E-state index is -0.0544. The average molecular weight is 377 g/mol. The summed E-state index contributed by atoms with van der Waals surface area (Å²) in [6.45, 7) is 1.14. The molecule has 3 heterocycles. The van der Waals surface area contributed by atoms with E-state index in [0.717, 1.165) is 11.5 Å². The lowest BCUT2D eigenvalue weighted by Crippen LogP contribution is -2.42. The fraction of sp³-hybridized carbons (Fsp3) is 0.286. The van der Waals surface area contributed by atoms with Crippen molar-refractivity contribution in [2.24, 2.45) is 5.92 Å². The number of hydrogen-bond donors (Lipinski definition) is 1. The van der Waals surface area contributed by atoms with Gasteiger partial charge in [0.05, 0.1) is 11.9 Å². The molecule has 3 aromatic rings. The lowest BCUT2D eigenvalue weighted by atomic mass is 9.95. The molecule has 0 atom stereocenters. The number of amides is 2. The van der Waals surface area contributed by atoms with Crippen LogP contribution in [0.4, 0.5) is 0 Å². The zero-order valence-corrected chi connectivity index (χ0v) is 15.8. The summed E-state index contributed by atoms with van der Waals surface area (Å²) >= 11 is 0. The molecule has 28 heavy (non-hydrogen) atoms. The fourth-order valence-corrected chi connectivity index (χ4v) is 3.69. The predicted octanol–water partition coefficient (Wildman–Crippen LogP) is 2.26. The van der Waals surface area contributed by atoms with Crippen molar-refractivity contribution >= 4 is 11.8 Å². The molecule has 0 spiro atoms. The highest BCUT2D eigenvalue weighted by Crippen LogP contribution is 2.24. The number of likely N-dealkylation sites (tertiary alicyclic amines) is 1. The maximum absolute atomic E-state index is 13.3. The van der Waals surface area contributed by atoms with Crippen LogP contribution in [0.25, 0.3) is 11.5 Å². The van der Waals surface area contributed by atoms with Crippen LogP contribution in [-0.2, 0) is 4.79 Å². The molecule has 4 rings (SSSR count). The van der Waals surface area contributed by atoms with Gasteiger partial charge in [0.2, 0.25) is 5.91 Å². The molecule has 0 bridgehead atoms. The van der Waals surface area contributed by atoms with E-state index in [4.69, 9.17) is 0 Å². The van der Waals surface area contributed by atoms with E-state index in [0.29, 0.717) is 31.5 Å². The Hall–Kier alpha value is -3.35. The van der Waals surface area contributed by atoms with Crippen LogP contribution in [0.3, 0.4) is 0 Å². The molecule has 0 unspecified atom stereocenters. The summed E-state index contributed by atoms with van der Waals surface area (Å²) in [7, 11) is 1.65. The van der Waals surface area contributed by atoms with Crippen molar-refractivity contribution in [2.75, 3.05) is 20.1 Å². The second-order valence-electron chi connectivity index (χ2n) is 6.90. The third-order valence-electron chi connectivity index (χ3n) is 5.22. The Kier molecular flexibility index (Phi) is 4.97. The highest BCUT2D eigenvalue weighted by atomic mass is 16.2. The molecular formula is C21H23N5O2. The summed E-state index contributed by atoms with van der Waals surface area (Å²) in [6, 6.07) is 13.6. The van der Waals surface area contributed by atoms with Crippen molar-refractivity contribution in [3.05, 3.63) is 66.6 Å². The summed E-state index contributed by atoms with van der Waals surface area (Å²) in [5.41, 5.74) is 1.45. The summed E-state index contributed by atoms with van der Waals surface area (Å²) < 4.78 is 3.69. The van der Waals surface area contributed by atoms with Crippen LogP contribution >= 0.6 is 0 Å². The van der Waals surface area contributed by atoms with E-state index in [1.165, 1.54) is 0 Å². The Morgan fingerprint density at radius 2 is 1.71 bits per heavy atom. The van der Waals surface area contributed by atoms with Gasteiger partial charge in [-0.3, -0.25) is 9.59 Å². The fourth-order valence-electron chi connectivity index (χ4n) is 3.69. The van der Waals surface area contributed by atoms with Gasteiger partial charge in [-0.1, -0.05) is 18.2 Å². The van der Waals surface area contributed by atoms with E-state index in [1.54, 1.807) is 17.9 Å². The zero-order valence-electron chi connectivity index (χ0n) is 15.8. The second kappa shape index (κ2) is 7.72. The maximum atomic E-state index is 13.3. The monoisotopic (exact) mass is 377 g/mol. The standard InChI is InChI=1S/C21H23N5O2/c1-22-19(27)16-9-13-25(14-10-16)21(28)18-15-23-26(17-7-3-2-4-8-17)20(18)24-11-5-6-12-24/h2-8,11-12,15-16H,9-10,13-14H2,1H3,(H,22,27). The number of piperidine rings is 1. The maximum Gasteiger partial charge on any atom is 0.259 e. The Morgan fingerprint density at radius 3 is 2.36 bits per heavy atom. The first-order valence-corrected chi connectivity index (χ1v) is 9.46. The minimum Gasteiger partial charge on any atom is -0.359 e. The van der Waals surface area contributed by atoms with E-state index in [2.05, 4.69) is 10.4 Å². The number of aromatic nitrogens is 3. The average Bonchev–Trinajstić information content (AvgIpc) is 3.43. The smallest absolute Gasteiger partial charge is 0.259 e. The molecule has 7 heteroatoms. The number of benzene rings is 1. The van der Waals surface area contributed by atoms with E-state index in [-0.39, 0.29) is 17.7 Å². The molecule has 1 N–H and O–H groups in total. The molecule has 1 saturated heterocycles. The Morgan fingerprint density at radius 1 is 1.04 bits per heavy atom.